The van der Waals surface area contributed by atoms with Crippen LogP contribution in [0.25, 0.3) is 11.1 Å². The van der Waals surface area contributed by atoms with Crippen LogP contribution in [-0.2, 0) is 16.6 Å². The van der Waals surface area contributed by atoms with Crippen molar-refractivity contribution >= 4 is 45.1 Å². The zero-order chi connectivity index (χ0) is 21.3. The Labute approximate surface area is 176 Å². The molecule has 4 aromatic rings. The van der Waals surface area contributed by atoms with Crippen molar-refractivity contribution in [1.29, 1.82) is 0 Å². The van der Waals surface area contributed by atoms with Gasteiger partial charge >= 0.3 is 0 Å². The second kappa shape index (κ2) is 7.75. The van der Waals surface area contributed by atoms with Crippen molar-refractivity contribution in [2.24, 2.45) is 0 Å². The van der Waals surface area contributed by atoms with Crippen LogP contribution < -0.4 is 10.6 Å². The molecule has 0 unspecified atom stereocenters. The van der Waals surface area contributed by atoms with Crippen LogP contribution >= 0.6 is 11.3 Å². The first kappa shape index (κ1) is 19.8. The minimum atomic E-state index is -0.388. The van der Waals surface area contributed by atoms with Gasteiger partial charge in [0.15, 0.2) is 16.5 Å². The number of furan rings is 1. The molecule has 0 aliphatic heterocycles. The van der Waals surface area contributed by atoms with E-state index in [1.54, 1.807) is 35.7 Å². The number of rotatable bonds is 5. The third-order valence-corrected chi connectivity index (χ3v) is 4.98. The van der Waals surface area contributed by atoms with Crippen molar-refractivity contribution in [3.05, 3.63) is 59.3 Å². The van der Waals surface area contributed by atoms with Crippen molar-refractivity contribution in [1.82, 2.24) is 9.97 Å². The summed E-state index contributed by atoms with van der Waals surface area (Å²) in [5.74, 6) is 0.235. The summed E-state index contributed by atoms with van der Waals surface area (Å²) in [7, 11) is 0. The molecule has 0 aliphatic rings. The average Bonchev–Trinajstić information content (AvgIpc) is 3.41. The Morgan fingerprint density at radius 2 is 1.97 bits per heavy atom. The lowest BCUT2D eigenvalue weighted by atomic mass is 9.97. The van der Waals surface area contributed by atoms with Crippen molar-refractivity contribution < 1.29 is 18.4 Å². The van der Waals surface area contributed by atoms with E-state index in [0.717, 1.165) is 0 Å². The number of nitrogens with one attached hydrogen (secondary N) is 2. The maximum atomic E-state index is 12.4. The molecule has 3 aromatic heterocycles. The van der Waals surface area contributed by atoms with Gasteiger partial charge in [0, 0.05) is 16.5 Å². The molecule has 0 fully saturated rings. The van der Waals surface area contributed by atoms with E-state index in [0.29, 0.717) is 33.5 Å². The maximum absolute atomic E-state index is 12.4. The van der Waals surface area contributed by atoms with E-state index >= 15 is 0 Å². The summed E-state index contributed by atoms with van der Waals surface area (Å²) in [5.41, 5.74) is 2.35. The molecule has 4 rings (SSSR count). The van der Waals surface area contributed by atoms with Crippen LogP contribution in [0.15, 0.2) is 50.8 Å². The van der Waals surface area contributed by atoms with Gasteiger partial charge in [-0.1, -0.05) is 20.8 Å². The molecule has 2 N–H and O–H groups in total. The monoisotopic (exact) mass is 424 g/mol. The van der Waals surface area contributed by atoms with E-state index in [1.807, 2.05) is 20.8 Å². The summed E-state index contributed by atoms with van der Waals surface area (Å²) in [4.78, 5) is 33.2. The number of aromatic nitrogens is 2. The van der Waals surface area contributed by atoms with E-state index < -0.39 is 0 Å². The lowest BCUT2D eigenvalue weighted by Gasteiger charge is -2.11. The maximum Gasteiger partial charge on any atom is 0.293 e. The smallest absolute Gasteiger partial charge is 0.293 e. The van der Waals surface area contributed by atoms with Gasteiger partial charge in [-0.05, 0) is 30.3 Å². The number of oxazole rings is 1. The number of fused-ring (bicyclic) bond motifs is 1. The normalized spacial score (nSPS) is 11.6. The molecule has 0 aliphatic carbocycles. The molecule has 0 spiro atoms. The number of carbonyl (C=O) groups is 2. The molecule has 0 atom stereocenters. The third kappa shape index (κ3) is 4.41. The number of hydrogen-bond donors (Lipinski definition) is 2. The number of amides is 2. The van der Waals surface area contributed by atoms with Gasteiger partial charge in [0.25, 0.3) is 5.91 Å². The predicted molar refractivity (Wildman–Crippen MR) is 114 cm³/mol. The number of carbonyl (C=O) groups excluding carboxylic acids is 2. The molecule has 3 heterocycles. The Morgan fingerprint density at radius 1 is 1.13 bits per heavy atom. The first-order chi connectivity index (χ1) is 14.3. The number of benzene rings is 1. The predicted octanol–water partition coefficient (Wildman–Crippen LogP) is 4.61. The zero-order valence-electron chi connectivity index (χ0n) is 16.7. The molecular weight excluding hydrogens is 404 g/mol. The number of anilines is 2. The standard InChI is InChI=1S/C21H20N4O4S/c1-21(2,3)19-24-14-9-12(6-7-15(14)29-19)22-17(26)10-13-11-30-20(23-13)25-18(27)16-5-4-8-28-16/h4-9,11H,10H2,1-3H3,(H,22,26)(H,23,25,27). The quantitative estimate of drug-likeness (QED) is 0.484. The van der Waals surface area contributed by atoms with Gasteiger partial charge in [0.2, 0.25) is 11.8 Å². The molecule has 0 radical (unpaired) electrons. The fourth-order valence-electron chi connectivity index (χ4n) is 2.71. The topological polar surface area (TPSA) is 110 Å². The molecule has 0 saturated carbocycles. The number of nitrogens with zero attached hydrogens (tertiary/aromatic N) is 2. The summed E-state index contributed by atoms with van der Waals surface area (Å²) >= 11 is 1.24. The van der Waals surface area contributed by atoms with Crippen LogP contribution in [0.1, 0.15) is 42.9 Å². The summed E-state index contributed by atoms with van der Waals surface area (Å²) in [5, 5.41) is 7.62. The molecular formula is C21H20N4O4S. The van der Waals surface area contributed by atoms with Gasteiger partial charge in [0.05, 0.1) is 18.4 Å². The van der Waals surface area contributed by atoms with Gasteiger partial charge in [-0.25, -0.2) is 9.97 Å². The van der Waals surface area contributed by atoms with Crippen molar-refractivity contribution in [2.45, 2.75) is 32.6 Å². The Kier molecular flexibility index (Phi) is 5.13. The molecule has 0 bridgehead atoms. The number of hydrogen-bond acceptors (Lipinski definition) is 7. The first-order valence-electron chi connectivity index (χ1n) is 9.28. The van der Waals surface area contributed by atoms with Crippen LogP contribution in [0.4, 0.5) is 10.8 Å². The van der Waals surface area contributed by atoms with E-state index in [1.165, 1.54) is 17.6 Å². The SMILES string of the molecule is CC(C)(C)c1nc2cc(NC(=O)Cc3csc(NC(=O)c4ccco4)n3)ccc2o1. The first-order valence-corrected chi connectivity index (χ1v) is 10.2. The van der Waals surface area contributed by atoms with Crippen LogP contribution in [0.3, 0.4) is 0 Å². The zero-order valence-corrected chi connectivity index (χ0v) is 17.5. The lowest BCUT2D eigenvalue weighted by Crippen LogP contribution is -2.15. The van der Waals surface area contributed by atoms with E-state index in [2.05, 4.69) is 20.6 Å². The average molecular weight is 424 g/mol. The van der Waals surface area contributed by atoms with Crippen LogP contribution in [0.5, 0.6) is 0 Å². The van der Waals surface area contributed by atoms with Crippen molar-refractivity contribution in [3.8, 4) is 0 Å². The highest BCUT2D eigenvalue weighted by atomic mass is 32.1. The Hall–Kier alpha value is -3.46. The second-order valence-corrected chi connectivity index (χ2v) is 8.61. The fraction of sp³-hybridized carbons (Fsp3) is 0.238. The highest BCUT2D eigenvalue weighted by Gasteiger charge is 2.21. The van der Waals surface area contributed by atoms with Gasteiger partial charge in [-0.2, -0.15) is 0 Å². The molecule has 8 nitrogen and oxygen atoms in total. The highest BCUT2D eigenvalue weighted by Crippen LogP contribution is 2.27. The van der Waals surface area contributed by atoms with E-state index in [4.69, 9.17) is 8.83 Å². The summed E-state index contributed by atoms with van der Waals surface area (Å²) in [6.45, 7) is 6.08. The Morgan fingerprint density at radius 3 is 2.70 bits per heavy atom. The van der Waals surface area contributed by atoms with Crippen LogP contribution in [0.2, 0.25) is 0 Å². The highest BCUT2D eigenvalue weighted by molar-refractivity contribution is 7.14. The molecule has 154 valence electrons. The van der Waals surface area contributed by atoms with Crippen LogP contribution in [-0.4, -0.2) is 21.8 Å². The molecule has 1 aromatic carbocycles. The van der Waals surface area contributed by atoms with Gasteiger partial charge in [-0.15, -0.1) is 11.3 Å². The number of thiazole rings is 1. The largest absolute Gasteiger partial charge is 0.459 e. The molecule has 0 saturated heterocycles. The van der Waals surface area contributed by atoms with E-state index in [9.17, 15) is 9.59 Å². The fourth-order valence-corrected chi connectivity index (χ4v) is 3.41. The van der Waals surface area contributed by atoms with Crippen molar-refractivity contribution in [3.63, 3.8) is 0 Å². The van der Waals surface area contributed by atoms with Gasteiger partial charge < -0.3 is 14.2 Å². The summed E-state index contributed by atoms with van der Waals surface area (Å²) in [6.07, 6.45) is 1.50. The second-order valence-electron chi connectivity index (χ2n) is 7.75. The van der Waals surface area contributed by atoms with E-state index in [-0.39, 0.29) is 29.4 Å². The van der Waals surface area contributed by atoms with Crippen molar-refractivity contribution in [2.75, 3.05) is 10.6 Å². The van der Waals surface area contributed by atoms with Gasteiger partial charge in [0.1, 0.15) is 5.52 Å². The molecule has 9 heteroatoms. The van der Waals surface area contributed by atoms with Gasteiger partial charge in [-0.3, -0.25) is 14.9 Å². The molecule has 2 amide bonds. The summed E-state index contributed by atoms with van der Waals surface area (Å²) in [6, 6.07) is 8.54. The molecule has 30 heavy (non-hydrogen) atoms. The van der Waals surface area contributed by atoms with Crippen LogP contribution in [0, 0.1) is 0 Å². The third-order valence-electron chi connectivity index (χ3n) is 4.17. The Bertz CT molecular complexity index is 1200. The minimum Gasteiger partial charge on any atom is -0.459 e. The Balaban J connectivity index is 1.39. The lowest BCUT2D eigenvalue weighted by molar-refractivity contribution is -0.115. The minimum absolute atomic E-state index is 0.0806. The summed E-state index contributed by atoms with van der Waals surface area (Å²) < 4.78 is 10.8.